The van der Waals surface area contributed by atoms with E-state index < -0.39 is 5.60 Å². The van der Waals surface area contributed by atoms with Crippen molar-refractivity contribution in [3.05, 3.63) is 108 Å². The smallest absolute Gasteiger partial charge is 0.134 e. The maximum atomic E-state index is 12.6. The van der Waals surface area contributed by atoms with Gasteiger partial charge in [-0.2, -0.15) is 0 Å². The second kappa shape index (κ2) is 11.1. The first-order valence-corrected chi connectivity index (χ1v) is 11.3. The van der Waals surface area contributed by atoms with E-state index in [2.05, 4.69) is 67.3 Å². The maximum Gasteiger partial charge on any atom is 0.134 e. The topological polar surface area (TPSA) is 23.5 Å². The maximum absolute atomic E-state index is 12.6. The molecular formula is C28H35NO. The molecule has 30 heavy (non-hydrogen) atoms. The zero-order valence-corrected chi connectivity index (χ0v) is 18.4. The number of hydrogen-bond acceptors (Lipinski definition) is 2. The van der Waals surface area contributed by atoms with Crippen LogP contribution in [0.2, 0.25) is 0 Å². The zero-order chi connectivity index (χ0) is 21.2. The molecule has 0 fully saturated rings. The van der Waals surface area contributed by atoms with Gasteiger partial charge in [0.05, 0.1) is 6.04 Å². The van der Waals surface area contributed by atoms with Gasteiger partial charge >= 0.3 is 0 Å². The number of unbranched alkanes of at least 4 members (excludes halogenated alkanes) is 2. The summed E-state index contributed by atoms with van der Waals surface area (Å²) >= 11 is 0. The van der Waals surface area contributed by atoms with Gasteiger partial charge < -0.3 is 5.11 Å². The van der Waals surface area contributed by atoms with Crippen molar-refractivity contribution >= 4 is 0 Å². The summed E-state index contributed by atoms with van der Waals surface area (Å²) in [7, 11) is 0. The summed E-state index contributed by atoms with van der Waals surface area (Å²) < 4.78 is 0. The second-order valence-corrected chi connectivity index (χ2v) is 8.05. The van der Waals surface area contributed by atoms with Crippen LogP contribution in [0.25, 0.3) is 0 Å². The van der Waals surface area contributed by atoms with Crippen LogP contribution in [0.15, 0.2) is 91.0 Å². The minimum Gasteiger partial charge on any atom is -0.378 e. The number of hydrogen-bond donors (Lipinski definition) is 1. The van der Waals surface area contributed by atoms with Crippen molar-refractivity contribution in [2.75, 3.05) is 13.1 Å². The van der Waals surface area contributed by atoms with Crippen LogP contribution in [-0.4, -0.2) is 23.1 Å². The van der Waals surface area contributed by atoms with Crippen LogP contribution in [0.3, 0.4) is 0 Å². The summed E-state index contributed by atoms with van der Waals surface area (Å²) in [6, 6.07) is 30.7. The van der Waals surface area contributed by atoms with Gasteiger partial charge in [-0.1, -0.05) is 118 Å². The van der Waals surface area contributed by atoms with E-state index in [1.54, 1.807) is 0 Å². The van der Waals surface area contributed by atoms with E-state index in [0.717, 1.165) is 55.5 Å². The van der Waals surface area contributed by atoms with Crippen molar-refractivity contribution in [3.8, 4) is 0 Å². The Hall–Kier alpha value is -2.42. The largest absolute Gasteiger partial charge is 0.378 e. The Morgan fingerprint density at radius 3 is 1.47 bits per heavy atom. The molecule has 3 aromatic carbocycles. The molecule has 0 saturated carbocycles. The van der Waals surface area contributed by atoms with E-state index >= 15 is 0 Å². The third kappa shape index (κ3) is 5.00. The van der Waals surface area contributed by atoms with Crippen LogP contribution in [0.1, 0.15) is 62.3 Å². The molecule has 0 spiro atoms. The van der Waals surface area contributed by atoms with Gasteiger partial charge in [0.15, 0.2) is 0 Å². The molecule has 0 heterocycles. The molecule has 2 heteroatoms. The fourth-order valence-electron chi connectivity index (χ4n) is 4.31. The van der Waals surface area contributed by atoms with E-state index in [9.17, 15) is 5.11 Å². The van der Waals surface area contributed by atoms with E-state index in [1.807, 2.05) is 42.5 Å². The molecule has 2 nitrogen and oxygen atoms in total. The fourth-order valence-corrected chi connectivity index (χ4v) is 4.31. The normalized spacial score (nSPS) is 12.8. The molecule has 0 saturated heterocycles. The number of benzene rings is 3. The molecule has 0 amide bonds. The molecular weight excluding hydrogens is 366 g/mol. The predicted octanol–water partition coefficient (Wildman–Crippen LogP) is 6.57. The van der Waals surface area contributed by atoms with Crippen LogP contribution < -0.4 is 0 Å². The molecule has 0 bridgehead atoms. The van der Waals surface area contributed by atoms with E-state index in [0.29, 0.717) is 0 Å². The van der Waals surface area contributed by atoms with Crippen molar-refractivity contribution in [1.29, 1.82) is 0 Å². The number of nitrogens with zero attached hydrogens (tertiary/aromatic N) is 1. The van der Waals surface area contributed by atoms with Gasteiger partial charge in [0.1, 0.15) is 5.60 Å². The summed E-state index contributed by atoms with van der Waals surface area (Å²) in [5, 5.41) is 12.6. The molecule has 0 radical (unpaired) electrons. The molecule has 0 aliphatic carbocycles. The molecule has 0 aromatic heterocycles. The van der Waals surface area contributed by atoms with Gasteiger partial charge in [-0.25, -0.2) is 0 Å². The van der Waals surface area contributed by atoms with Crippen molar-refractivity contribution in [2.45, 2.75) is 51.2 Å². The molecule has 0 aliphatic rings. The molecule has 3 aromatic rings. The Morgan fingerprint density at radius 1 is 0.667 bits per heavy atom. The monoisotopic (exact) mass is 401 g/mol. The van der Waals surface area contributed by atoms with Crippen LogP contribution in [0.5, 0.6) is 0 Å². The average Bonchev–Trinajstić information content (AvgIpc) is 2.82. The first-order valence-electron chi connectivity index (χ1n) is 11.3. The Bertz CT molecular complexity index is 800. The lowest BCUT2D eigenvalue weighted by molar-refractivity contribution is -0.0246. The summed E-state index contributed by atoms with van der Waals surface area (Å²) in [6.07, 6.45) is 4.51. The second-order valence-electron chi connectivity index (χ2n) is 8.05. The van der Waals surface area contributed by atoms with Crippen LogP contribution in [0, 0.1) is 0 Å². The summed E-state index contributed by atoms with van der Waals surface area (Å²) in [4.78, 5) is 2.50. The lowest BCUT2D eigenvalue weighted by Gasteiger charge is -2.44. The van der Waals surface area contributed by atoms with Crippen molar-refractivity contribution < 1.29 is 5.11 Å². The highest BCUT2D eigenvalue weighted by Crippen LogP contribution is 2.44. The first-order chi connectivity index (χ1) is 14.7. The van der Waals surface area contributed by atoms with Crippen LogP contribution in [-0.2, 0) is 5.60 Å². The summed E-state index contributed by atoms with van der Waals surface area (Å²) in [5.41, 5.74) is 1.87. The molecule has 1 atom stereocenters. The summed E-state index contributed by atoms with van der Waals surface area (Å²) in [6.45, 7) is 6.41. The highest BCUT2D eigenvalue weighted by molar-refractivity contribution is 5.41. The average molecular weight is 402 g/mol. The van der Waals surface area contributed by atoms with Gasteiger partial charge in [0.2, 0.25) is 0 Å². The van der Waals surface area contributed by atoms with Gasteiger partial charge in [-0.05, 0) is 42.6 Å². The third-order valence-corrected chi connectivity index (χ3v) is 5.90. The van der Waals surface area contributed by atoms with Gasteiger partial charge in [-0.15, -0.1) is 0 Å². The quantitative estimate of drug-likeness (QED) is 0.393. The molecule has 158 valence electrons. The van der Waals surface area contributed by atoms with Gasteiger partial charge in [0.25, 0.3) is 0 Å². The molecule has 1 N–H and O–H groups in total. The van der Waals surface area contributed by atoms with E-state index in [1.165, 1.54) is 0 Å². The predicted molar refractivity (Wildman–Crippen MR) is 126 cm³/mol. The number of aliphatic hydroxyl groups is 1. The van der Waals surface area contributed by atoms with Crippen molar-refractivity contribution in [1.82, 2.24) is 4.90 Å². The number of rotatable bonds is 11. The Morgan fingerprint density at radius 2 is 1.07 bits per heavy atom. The molecule has 3 rings (SSSR count). The third-order valence-electron chi connectivity index (χ3n) is 5.90. The molecule has 0 unspecified atom stereocenters. The van der Waals surface area contributed by atoms with Gasteiger partial charge in [0, 0.05) is 0 Å². The highest BCUT2D eigenvalue weighted by Gasteiger charge is 2.44. The Kier molecular flexibility index (Phi) is 8.24. The molecule has 0 aliphatic heterocycles. The van der Waals surface area contributed by atoms with E-state index in [4.69, 9.17) is 0 Å². The van der Waals surface area contributed by atoms with E-state index in [-0.39, 0.29) is 6.04 Å². The van der Waals surface area contributed by atoms with Crippen molar-refractivity contribution in [2.24, 2.45) is 0 Å². The SMILES string of the molecule is CCCCN(CCCC)[C@H](c1ccccc1)C(O)(c1ccccc1)c1ccccc1. The highest BCUT2D eigenvalue weighted by atomic mass is 16.3. The first kappa shape index (κ1) is 22.3. The Labute approximate surface area is 182 Å². The lowest BCUT2D eigenvalue weighted by atomic mass is 9.76. The van der Waals surface area contributed by atoms with Crippen LogP contribution >= 0.6 is 0 Å². The minimum absolute atomic E-state index is 0.165. The van der Waals surface area contributed by atoms with Crippen molar-refractivity contribution in [3.63, 3.8) is 0 Å². The van der Waals surface area contributed by atoms with Crippen LogP contribution in [0.4, 0.5) is 0 Å². The Balaban J connectivity index is 2.21. The summed E-state index contributed by atoms with van der Waals surface area (Å²) in [5.74, 6) is 0. The lowest BCUT2D eigenvalue weighted by Crippen LogP contribution is -2.46. The zero-order valence-electron chi connectivity index (χ0n) is 18.4. The fraction of sp³-hybridized carbons (Fsp3) is 0.357. The minimum atomic E-state index is -1.15. The van der Waals surface area contributed by atoms with Gasteiger partial charge in [-0.3, -0.25) is 4.90 Å². The standard InChI is InChI=1S/C28H35NO/c1-3-5-22-29(23-6-4-2)27(24-16-10-7-11-17-24)28(30,25-18-12-8-13-19-25)26-20-14-9-15-21-26/h7-21,27,30H,3-6,22-23H2,1-2H3/t27-/m1/s1.